The summed E-state index contributed by atoms with van der Waals surface area (Å²) in [5, 5.41) is 12.3. The van der Waals surface area contributed by atoms with Crippen molar-refractivity contribution in [3.8, 4) is 6.07 Å². The van der Waals surface area contributed by atoms with Crippen molar-refractivity contribution >= 4 is 0 Å². The van der Waals surface area contributed by atoms with Gasteiger partial charge < -0.3 is 10.2 Å². The van der Waals surface area contributed by atoms with E-state index in [1.54, 1.807) is 0 Å². The van der Waals surface area contributed by atoms with E-state index >= 15 is 0 Å². The minimum absolute atomic E-state index is 0.298. The topological polar surface area (TPSA) is 39.1 Å². The molecule has 0 saturated heterocycles. The van der Waals surface area contributed by atoms with Crippen LogP contribution >= 0.6 is 0 Å². The Kier molecular flexibility index (Phi) is 4.35. The van der Waals surface area contributed by atoms with E-state index in [9.17, 15) is 0 Å². The zero-order valence-electron chi connectivity index (χ0n) is 11.1. The summed E-state index contributed by atoms with van der Waals surface area (Å²) in [6.07, 6.45) is 3.16. The van der Waals surface area contributed by atoms with Gasteiger partial charge in [0.05, 0.1) is 6.07 Å². The van der Waals surface area contributed by atoms with Gasteiger partial charge in [-0.2, -0.15) is 5.26 Å². The van der Waals surface area contributed by atoms with Crippen LogP contribution in [0, 0.1) is 22.2 Å². The maximum atomic E-state index is 8.74. The van der Waals surface area contributed by atoms with Crippen LogP contribution < -0.4 is 5.32 Å². The van der Waals surface area contributed by atoms with Crippen LogP contribution in [0.4, 0.5) is 0 Å². The van der Waals surface area contributed by atoms with E-state index < -0.39 is 0 Å². The maximum Gasteiger partial charge on any atom is 0.0628 e. The molecule has 0 radical (unpaired) electrons. The molecule has 1 aliphatic carbocycles. The van der Waals surface area contributed by atoms with Crippen LogP contribution in [0.5, 0.6) is 0 Å². The Morgan fingerprint density at radius 2 is 2.00 bits per heavy atom. The van der Waals surface area contributed by atoms with Gasteiger partial charge in [-0.1, -0.05) is 13.8 Å². The summed E-state index contributed by atoms with van der Waals surface area (Å²) < 4.78 is 0. The molecule has 0 aromatic rings. The summed E-state index contributed by atoms with van der Waals surface area (Å²) in [5.41, 5.74) is 0.620. The van der Waals surface area contributed by atoms with Gasteiger partial charge in [-0.25, -0.2) is 0 Å². The van der Waals surface area contributed by atoms with Crippen LogP contribution in [0.1, 0.15) is 33.1 Å². The largest absolute Gasteiger partial charge is 0.316 e. The summed E-state index contributed by atoms with van der Waals surface area (Å²) in [4.78, 5) is 2.23. The zero-order chi connectivity index (χ0) is 12.2. The zero-order valence-corrected chi connectivity index (χ0v) is 11.1. The molecule has 0 amide bonds. The molecule has 0 aromatic carbocycles. The molecule has 0 aliphatic heterocycles. The third-order valence-corrected chi connectivity index (χ3v) is 3.26. The number of hydrogen-bond acceptors (Lipinski definition) is 3. The lowest BCUT2D eigenvalue weighted by Crippen LogP contribution is -2.39. The van der Waals surface area contributed by atoms with Gasteiger partial charge in [0.15, 0.2) is 0 Å². The predicted molar refractivity (Wildman–Crippen MR) is 67.1 cm³/mol. The molecule has 0 atom stereocenters. The van der Waals surface area contributed by atoms with Gasteiger partial charge in [-0.05, 0) is 37.8 Å². The molecule has 1 aliphatic rings. The van der Waals surface area contributed by atoms with Crippen molar-refractivity contribution in [1.82, 2.24) is 10.2 Å². The van der Waals surface area contributed by atoms with Crippen LogP contribution in [-0.2, 0) is 0 Å². The van der Waals surface area contributed by atoms with Gasteiger partial charge in [0.2, 0.25) is 0 Å². The number of nitrogens with zero attached hydrogens (tertiary/aromatic N) is 2. The summed E-state index contributed by atoms with van der Waals surface area (Å²) in [6, 6.07) is 2.30. The Morgan fingerprint density at radius 1 is 1.38 bits per heavy atom. The van der Waals surface area contributed by atoms with E-state index in [-0.39, 0.29) is 0 Å². The fraction of sp³-hybridized carbons (Fsp3) is 0.923. The summed E-state index contributed by atoms with van der Waals surface area (Å²) >= 11 is 0. The molecule has 3 nitrogen and oxygen atoms in total. The van der Waals surface area contributed by atoms with E-state index in [1.807, 2.05) is 0 Å². The van der Waals surface area contributed by atoms with Gasteiger partial charge in [0, 0.05) is 26.1 Å². The number of hydrogen-bond donors (Lipinski definition) is 1. The highest BCUT2D eigenvalue weighted by Gasteiger charge is 2.42. The minimum Gasteiger partial charge on any atom is -0.316 e. The summed E-state index contributed by atoms with van der Waals surface area (Å²) in [7, 11) is 4.22. The Balaban J connectivity index is 2.22. The lowest BCUT2D eigenvalue weighted by atomic mass is 9.92. The Bertz CT molecular complexity index is 259. The Labute approximate surface area is 99.8 Å². The van der Waals surface area contributed by atoms with Crippen LogP contribution in [0.15, 0.2) is 0 Å². The second-order valence-corrected chi connectivity index (χ2v) is 6.34. The van der Waals surface area contributed by atoms with Crippen molar-refractivity contribution in [3.63, 3.8) is 0 Å². The molecule has 1 rings (SSSR count). The number of nitrogens with one attached hydrogen (secondary N) is 1. The third-order valence-electron chi connectivity index (χ3n) is 3.26. The summed E-state index contributed by atoms with van der Waals surface area (Å²) in [6.45, 7) is 7.69. The first kappa shape index (κ1) is 13.5. The SMILES string of the molecule is CN(C)CC(C)(C)CNCC1(CC#N)CC1. The highest BCUT2D eigenvalue weighted by Crippen LogP contribution is 2.47. The fourth-order valence-electron chi connectivity index (χ4n) is 2.34. The first-order valence-electron chi connectivity index (χ1n) is 6.12. The van der Waals surface area contributed by atoms with Crippen molar-refractivity contribution in [1.29, 1.82) is 5.26 Å². The molecule has 1 N–H and O–H groups in total. The maximum absolute atomic E-state index is 8.74. The quantitative estimate of drug-likeness (QED) is 0.716. The van der Waals surface area contributed by atoms with Gasteiger partial charge in [0.25, 0.3) is 0 Å². The molecule has 0 bridgehead atoms. The van der Waals surface area contributed by atoms with Gasteiger partial charge >= 0.3 is 0 Å². The number of rotatable bonds is 7. The van der Waals surface area contributed by atoms with Crippen LogP contribution in [-0.4, -0.2) is 38.6 Å². The van der Waals surface area contributed by atoms with Crippen LogP contribution in [0.3, 0.4) is 0 Å². The standard InChI is InChI=1S/C13H25N3/c1-12(2,11-16(3)4)9-15-10-13(5-6-13)7-8-14/h15H,5-7,9-11H2,1-4H3. The fourth-order valence-corrected chi connectivity index (χ4v) is 2.34. The average molecular weight is 223 g/mol. The highest BCUT2D eigenvalue weighted by atomic mass is 15.1. The van der Waals surface area contributed by atoms with Gasteiger partial charge in [-0.3, -0.25) is 0 Å². The van der Waals surface area contributed by atoms with Crippen LogP contribution in [0.2, 0.25) is 0 Å². The predicted octanol–water partition coefficient (Wildman–Crippen LogP) is 1.86. The van der Waals surface area contributed by atoms with Crippen molar-refractivity contribution in [2.24, 2.45) is 10.8 Å². The monoisotopic (exact) mass is 223 g/mol. The van der Waals surface area contributed by atoms with Crippen LogP contribution in [0.25, 0.3) is 0 Å². The second kappa shape index (κ2) is 5.16. The molecule has 0 spiro atoms. The minimum atomic E-state index is 0.298. The molecule has 1 fully saturated rings. The third kappa shape index (κ3) is 4.51. The highest BCUT2D eigenvalue weighted by molar-refractivity contribution is 5.00. The molecule has 1 saturated carbocycles. The molecular formula is C13H25N3. The van der Waals surface area contributed by atoms with Gasteiger partial charge in [-0.15, -0.1) is 0 Å². The van der Waals surface area contributed by atoms with E-state index in [0.29, 0.717) is 17.3 Å². The van der Waals surface area contributed by atoms with Crippen molar-refractivity contribution < 1.29 is 0 Å². The molecule has 0 aromatic heterocycles. The van der Waals surface area contributed by atoms with E-state index in [2.05, 4.69) is 44.2 Å². The molecule has 0 unspecified atom stereocenters. The molecule has 16 heavy (non-hydrogen) atoms. The molecule has 3 heteroatoms. The van der Waals surface area contributed by atoms with Crippen molar-refractivity contribution in [3.05, 3.63) is 0 Å². The Hall–Kier alpha value is -0.590. The van der Waals surface area contributed by atoms with E-state index in [4.69, 9.17) is 5.26 Å². The lowest BCUT2D eigenvalue weighted by Gasteiger charge is -2.29. The normalized spacial score (nSPS) is 18.5. The first-order chi connectivity index (χ1) is 7.39. The molecular weight excluding hydrogens is 198 g/mol. The second-order valence-electron chi connectivity index (χ2n) is 6.34. The molecule has 92 valence electrons. The lowest BCUT2D eigenvalue weighted by molar-refractivity contribution is 0.228. The average Bonchev–Trinajstić information content (AvgIpc) is 2.82. The Morgan fingerprint density at radius 3 is 2.44 bits per heavy atom. The van der Waals surface area contributed by atoms with Crippen molar-refractivity contribution in [2.45, 2.75) is 33.1 Å². The number of nitriles is 1. The first-order valence-corrected chi connectivity index (χ1v) is 6.12. The molecule has 0 heterocycles. The van der Waals surface area contributed by atoms with E-state index in [0.717, 1.165) is 19.6 Å². The summed E-state index contributed by atoms with van der Waals surface area (Å²) in [5.74, 6) is 0. The van der Waals surface area contributed by atoms with Gasteiger partial charge in [0.1, 0.15) is 0 Å². The van der Waals surface area contributed by atoms with Crippen molar-refractivity contribution in [2.75, 3.05) is 33.7 Å². The smallest absolute Gasteiger partial charge is 0.0628 e. The van der Waals surface area contributed by atoms with E-state index in [1.165, 1.54) is 12.8 Å².